The smallest absolute Gasteiger partial charge is 0.234 e. The van der Waals surface area contributed by atoms with E-state index in [9.17, 15) is 4.79 Å². The van der Waals surface area contributed by atoms with E-state index in [-0.39, 0.29) is 5.91 Å². The summed E-state index contributed by atoms with van der Waals surface area (Å²) in [7, 11) is 1.79. The van der Waals surface area contributed by atoms with Crippen molar-refractivity contribution in [2.45, 2.75) is 25.3 Å². The molecule has 14 heavy (non-hydrogen) atoms. The van der Waals surface area contributed by atoms with E-state index in [0.29, 0.717) is 18.0 Å². The van der Waals surface area contributed by atoms with Crippen LogP contribution in [-0.4, -0.2) is 38.8 Å². The van der Waals surface area contributed by atoms with Crippen LogP contribution in [0.4, 0.5) is 0 Å². The summed E-state index contributed by atoms with van der Waals surface area (Å²) in [4.78, 5) is 11.3. The van der Waals surface area contributed by atoms with Crippen LogP contribution in [0.25, 0.3) is 0 Å². The number of likely N-dealkylation sites (N-methyl/N-ethyl adjacent to an activating group) is 1. The fourth-order valence-corrected chi connectivity index (χ4v) is 2.29. The van der Waals surface area contributed by atoms with Gasteiger partial charge >= 0.3 is 0 Å². The van der Waals surface area contributed by atoms with Crippen molar-refractivity contribution in [2.75, 3.05) is 26.8 Å². The second-order valence-corrected chi connectivity index (χ2v) is 4.33. The lowest BCUT2D eigenvalue weighted by Crippen LogP contribution is -2.37. The van der Waals surface area contributed by atoms with Gasteiger partial charge in [0.1, 0.15) is 0 Å². The Labute approximate surface area is 84.4 Å². The van der Waals surface area contributed by atoms with Crippen molar-refractivity contribution in [1.29, 1.82) is 0 Å². The average Bonchev–Trinajstić information content (AvgIpc) is 2.79. The van der Waals surface area contributed by atoms with Crippen molar-refractivity contribution in [3.8, 4) is 0 Å². The molecular formula is C10H18N2O2. The fraction of sp³-hybridized carbons (Fsp3) is 0.900. The number of ether oxygens (including phenoxy) is 1. The van der Waals surface area contributed by atoms with E-state index in [4.69, 9.17) is 4.74 Å². The molecule has 0 aromatic heterocycles. The first-order chi connectivity index (χ1) is 6.77. The molecule has 2 rings (SSSR count). The lowest BCUT2D eigenvalue weighted by molar-refractivity contribution is -0.120. The molecule has 1 amide bonds. The van der Waals surface area contributed by atoms with Gasteiger partial charge in [0.15, 0.2) is 0 Å². The Morgan fingerprint density at radius 3 is 2.86 bits per heavy atom. The van der Waals surface area contributed by atoms with E-state index in [1.54, 1.807) is 7.05 Å². The number of hydrogen-bond donors (Lipinski definition) is 2. The Kier molecular flexibility index (Phi) is 2.74. The summed E-state index contributed by atoms with van der Waals surface area (Å²) >= 11 is 0. The fourth-order valence-electron chi connectivity index (χ4n) is 2.29. The van der Waals surface area contributed by atoms with Gasteiger partial charge in [0.05, 0.1) is 6.54 Å². The molecule has 2 N–H and O–H groups in total. The van der Waals surface area contributed by atoms with Gasteiger partial charge in [-0.3, -0.25) is 4.79 Å². The zero-order chi connectivity index (χ0) is 10.0. The van der Waals surface area contributed by atoms with E-state index >= 15 is 0 Å². The highest BCUT2D eigenvalue weighted by molar-refractivity contribution is 5.78. The SMILES string of the molecule is CNCC(=O)NC1CC12CCOCC2. The Bertz CT molecular complexity index is 224. The maximum absolute atomic E-state index is 11.3. The van der Waals surface area contributed by atoms with E-state index in [1.165, 1.54) is 0 Å². The number of nitrogens with one attached hydrogen (secondary N) is 2. The van der Waals surface area contributed by atoms with Crippen LogP contribution in [0.2, 0.25) is 0 Å². The largest absolute Gasteiger partial charge is 0.381 e. The lowest BCUT2D eigenvalue weighted by atomic mass is 9.96. The Morgan fingerprint density at radius 1 is 1.50 bits per heavy atom. The van der Waals surface area contributed by atoms with Crippen LogP contribution in [0.5, 0.6) is 0 Å². The maximum Gasteiger partial charge on any atom is 0.234 e. The summed E-state index contributed by atoms with van der Waals surface area (Å²) in [6, 6.07) is 0.409. The van der Waals surface area contributed by atoms with Gasteiger partial charge in [-0.25, -0.2) is 0 Å². The van der Waals surface area contributed by atoms with Crippen molar-refractivity contribution in [2.24, 2.45) is 5.41 Å². The number of carbonyl (C=O) groups excluding carboxylic acids is 1. The molecule has 1 aliphatic heterocycles. The second-order valence-electron chi connectivity index (χ2n) is 4.33. The maximum atomic E-state index is 11.3. The molecular weight excluding hydrogens is 180 g/mol. The van der Waals surface area contributed by atoms with Gasteiger partial charge < -0.3 is 15.4 Å². The minimum absolute atomic E-state index is 0.112. The highest BCUT2D eigenvalue weighted by Crippen LogP contribution is 2.53. The van der Waals surface area contributed by atoms with E-state index in [2.05, 4.69) is 10.6 Å². The zero-order valence-corrected chi connectivity index (χ0v) is 8.64. The molecule has 4 nitrogen and oxygen atoms in total. The van der Waals surface area contributed by atoms with Crippen molar-refractivity contribution in [3.05, 3.63) is 0 Å². The van der Waals surface area contributed by atoms with Gasteiger partial charge in [0.25, 0.3) is 0 Å². The van der Waals surface area contributed by atoms with Gasteiger partial charge in [0.2, 0.25) is 5.91 Å². The first kappa shape index (κ1) is 9.93. The molecule has 0 radical (unpaired) electrons. The van der Waals surface area contributed by atoms with Crippen molar-refractivity contribution >= 4 is 5.91 Å². The Morgan fingerprint density at radius 2 is 2.21 bits per heavy atom. The van der Waals surface area contributed by atoms with Crippen LogP contribution < -0.4 is 10.6 Å². The van der Waals surface area contributed by atoms with Crippen molar-refractivity contribution in [3.63, 3.8) is 0 Å². The van der Waals surface area contributed by atoms with Crippen LogP contribution in [0.15, 0.2) is 0 Å². The van der Waals surface area contributed by atoms with Gasteiger partial charge in [0, 0.05) is 19.3 Å². The molecule has 0 aromatic rings. The van der Waals surface area contributed by atoms with Gasteiger partial charge in [-0.2, -0.15) is 0 Å². The molecule has 0 bridgehead atoms. The minimum atomic E-state index is 0.112. The molecule has 1 heterocycles. The van der Waals surface area contributed by atoms with E-state index < -0.39 is 0 Å². The number of carbonyl (C=O) groups is 1. The normalized spacial score (nSPS) is 28.8. The minimum Gasteiger partial charge on any atom is -0.381 e. The predicted octanol–water partition coefficient (Wildman–Crippen LogP) is -0.109. The summed E-state index contributed by atoms with van der Waals surface area (Å²) in [6.45, 7) is 2.14. The molecule has 1 atom stereocenters. The van der Waals surface area contributed by atoms with Crippen LogP contribution in [0.1, 0.15) is 19.3 Å². The molecule has 0 aromatic carbocycles. The van der Waals surface area contributed by atoms with E-state index in [0.717, 1.165) is 32.5 Å². The standard InChI is InChI=1S/C10H18N2O2/c1-11-7-9(13)12-8-6-10(8)2-4-14-5-3-10/h8,11H,2-7H2,1H3,(H,12,13). The van der Waals surface area contributed by atoms with Gasteiger partial charge in [-0.15, -0.1) is 0 Å². The molecule has 1 spiro atoms. The molecule has 2 fully saturated rings. The summed E-state index contributed by atoms with van der Waals surface area (Å²) in [5, 5.41) is 5.91. The number of amides is 1. The zero-order valence-electron chi connectivity index (χ0n) is 8.64. The van der Waals surface area contributed by atoms with Crippen molar-refractivity contribution in [1.82, 2.24) is 10.6 Å². The summed E-state index contributed by atoms with van der Waals surface area (Å²) in [5.41, 5.74) is 0.391. The topological polar surface area (TPSA) is 50.4 Å². The molecule has 2 aliphatic rings. The third-order valence-corrected chi connectivity index (χ3v) is 3.35. The Balaban J connectivity index is 1.77. The van der Waals surface area contributed by atoms with Crippen LogP contribution in [0.3, 0.4) is 0 Å². The molecule has 4 heteroatoms. The summed E-state index contributed by atoms with van der Waals surface area (Å²) < 4.78 is 5.32. The monoisotopic (exact) mass is 198 g/mol. The van der Waals surface area contributed by atoms with Crippen LogP contribution in [0, 0.1) is 5.41 Å². The predicted molar refractivity (Wildman–Crippen MR) is 53.0 cm³/mol. The molecule has 1 aliphatic carbocycles. The second kappa shape index (κ2) is 3.87. The lowest BCUT2D eigenvalue weighted by Gasteiger charge is -2.22. The molecule has 1 saturated heterocycles. The third-order valence-electron chi connectivity index (χ3n) is 3.35. The highest BCUT2D eigenvalue weighted by atomic mass is 16.5. The molecule has 80 valence electrons. The third kappa shape index (κ3) is 1.91. The summed E-state index contributed by atoms with van der Waals surface area (Å²) in [6.07, 6.45) is 3.36. The van der Waals surface area contributed by atoms with Gasteiger partial charge in [-0.05, 0) is 31.7 Å². The van der Waals surface area contributed by atoms with Gasteiger partial charge in [-0.1, -0.05) is 0 Å². The Hall–Kier alpha value is -0.610. The highest BCUT2D eigenvalue weighted by Gasteiger charge is 2.54. The number of hydrogen-bond acceptors (Lipinski definition) is 3. The van der Waals surface area contributed by atoms with Crippen LogP contribution >= 0.6 is 0 Å². The van der Waals surface area contributed by atoms with Crippen molar-refractivity contribution < 1.29 is 9.53 Å². The quantitative estimate of drug-likeness (QED) is 0.665. The first-order valence-electron chi connectivity index (χ1n) is 5.28. The molecule has 1 saturated carbocycles. The average molecular weight is 198 g/mol. The first-order valence-corrected chi connectivity index (χ1v) is 5.28. The number of rotatable bonds is 3. The van der Waals surface area contributed by atoms with Crippen LogP contribution in [-0.2, 0) is 9.53 Å². The van der Waals surface area contributed by atoms with E-state index in [1.807, 2.05) is 0 Å². The molecule has 1 unspecified atom stereocenters. The summed E-state index contributed by atoms with van der Waals surface area (Å²) in [5.74, 6) is 0.112.